The molecule has 168 valence electrons. The van der Waals surface area contributed by atoms with Crippen LogP contribution < -0.4 is 14.8 Å². The lowest BCUT2D eigenvalue weighted by Gasteiger charge is -2.34. The summed E-state index contributed by atoms with van der Waals surface area (Å²) in [7, 11) is 0. The third kappa shape index (κ3) is 7.56. The SMILES string of the molecule is CCOc1ccccc1OCCCC(=O)Nc1ccc(CN2CCN(CC)CC2)cc1. The number of likely N-dealkylation sites (N-methyl/N-ethyl adjacent to an activating group) is 1. The number of rotatable bonds is 11. The number of anilines is 1. The van der Waals surface area contributed by atoms with Crippen molar-refractivity contribution in [3.8, 4) is 11.5 Å². The van der Waals surface area contributed by atoms with Crippen molar-refractivity contribution < 1.29 is 14.3 Å². The standard InChI is InChI=1S/C25H35N3O3/c1-3-27-15-17-28(18-16-27)20-21-11-13-22(14-12-21)26-25(29)10-7-19-31-24-9-6-5-8-23(24)30-4-2/h5-6,8-9,11-14H,3-4,7,10,15-20H2,1-2H3,(H,26,29). The number of hydrogen-bond acceptors (Lipinski definition) is 5. The maximum Gasteiger partial charge on any atom is 0.224 e. The molecule has 0 aliphatic carbocycles. The van der Waals surface area contributed by atoms with E-state index in [4.69, 9.17) is 9.47 Å². The van der Waals surface area contributed by atoms with E-state index in [9.17, 15) is 4.79 Å². The molecule has 2 aromatic rings. The summed E-state index contributed by atoms with van der Waals surface area (Å²) < 4.78 is 11.3. The van der Waals surface area contributed by atoms with Gasteiger partial charge in [-0.05, 0) is 49.7 Å². The van der Waals surface area contributed by atoms with Crippen molar-refractivity contribution in [3.63, 3.8) is 0 Å². The Hall–Kier alpha value is -2.57. The van der Waals surface area contributed by atoms with E-state index in [0.717, 1.165) is 56.5 Å². The zero-order chi connectivity index (χ0) is 21.9. The zero-order valence-corrected chi connectivity index (χ0v) is 18.8. The van der Waals surface area contributed by atoms with Crippen LogP contribution in [-0.2, 0) is 11.3 Å². The molecule has 3 rings (SSSR count). The highest BCUT2D eigenvalue weighted by atomic mass is 16.5. The first-order valence-corrected chi connectivity index (χ1v) is 11.4. The van der Waals surface area contributed by atoms with Gasteiger partial charge in [0, 0.05) is 44.8 Å². The minimum Gasteiger partial charge on any atom is -0.490 e. The minimum absolute atomic E-state index is 0.00475. The van der Waals surface area contributed by atoms with Crippen molar-refractivity contribution in [2.45, 2.75) is 33.2 Å². The van der Waals surface area contributed by atoms with Crippen molar-refractivity contribution >= 4 is 11.6 Å². The number of carbonyl (C=O) groups is 1. The largest absolute Gasteiger partial charge is 0.490 e. The van der Waals surface area contributed by atoms with E-state index in [1.165, 1.54) is 5.56 Å². The molecule has 1 aliphatic heterocycles. The van der Waals surface area contributed by atoms with Crippen LogP contribution >= 0.6 is 0 Å². The molecular formula is C25H35N3O3. The van der Waals surface area contributed by atoms with Gasteiger partial charge in [-0.2, -0.15) is 0 Å². The first-order valence-electron chi connectivity index (χ1n) is 11.4. The van der Waals surface area contributed by atoms with Gasteiger partial charge in [-0.15, -0.1) is 0 Å². The van der Waals surface area contributed by atoms with E-state index in [2.05, 4.69) is 34.2 Å². The van der Waals surface area contributed by atoms with Crippen LogP contribution in [0, 0.1) is 0 Å². The number of amides is 1. The summed E-state index contributed by atoms with van der Waals surface area (Å²) in [5.41, 5.74) is 2.12. The van der Waals surface area contributed by atoms with Crippen molar-refractivity contribution in [1.82, 2.24) is 9.80 Å². The molecular weight excluding hydrogens is 390 g/mol. The van der Waals surface area contributed by atoms with Gasteiger partial charge in [-0.1, -0.05) is 31.2 Å². The first kappa shape index (κ1) is 23.1. The molecule has 6 heteroatoms. The molecule has 0 bridgehead atoms. The average Bonchev–Trinajstić information content (AvgIpc) is 2.80. The lowest BCUT2D eigenvalue weighted by molar-refractivity contribution is -0.116. The van der Waals surface area contributed by atoms with Crippen molar-refractivity contribution in [2.24, 2.45) is 0 Å². The molecule has 1 saturated heterocycles. The molecule has 31 heavy (non-hydrogen) atoms. The Bertz CT molecular complexity index is 802. The molecule has 2 aromatic carbocycles. The van der Waals surface area contributed by atoms with E-state index in [-0.39, 0.29) is 5.91 Å². The molecule has 0 radical (unpaired) electrons. The monoisotopic (exact) mass is 425 g/mol. The maximum absolute atomic E-state index is 12.3. The van der Waals surface area contributed by atoms with Crippen molar-refractivity contribution in [1.29, 1.82) is 0 Å². The Kier molecular flexibility index (Phi) is 9.18. The zero-order valence-electron chi connectivity index (χ0n) is 18.8. The van der Waals surface area contributed by atoms with Gasteiger partial charge in [0.15, 0.2) is 11.5 Å². The predicted molar refractivity (Wildman–Crippen MR) is 125 cm³/mol. The van der Waals surface area contributed by atoms with Gasteiger partial charge in [-0.25, -0.2) is 0 Å². The fraction of sp³-hybridized carbons (Fsp3) is 0.480. The van der Waals surface area contributed by atoms with Crippen LogP contribution in [0.4, 0.5) is 5.69 Å². The molecule has 6 nitrogen and oxygen atoms in total. The van der Waals surface area contributed by atoms with Gasteiger partial charge >= 0.3 is 0 Å². The van der Waals surface area contributed by atoms with Crippen LogP contribution in [-0.4, -0.2) is 61.6 Å². The highest BCUT2D eigenvalue weighted by Crippen LogP contribution is 2.26. The molecule has 0 saturated carbocycles. The number of para-hydroxylation sites is 2. The third-order valence-electron chi connectivity index (χ3n) is 5.51. The number of hydrogen-bond donors (Lipinski definition) is 1. The number of benzene rings is 2. The van der Waals surface area contributed by atoms with E-state index < -0.39 is 0 Å². The molecule has 1 N–H and O–H groups in total. The van der Waals surface area contributed by atoms with Crippen LogP contribution in [0.5, 0.6) is 11.5 Å². The second-order valence-electron chi connectivity index (χ2n) is 7.79. The van der Waals surface area contributed by atoms with Crippen LogP contribution in [0.25, 0.3) is 0 Å². The minimum atomic E-state index is 0.00475. The van der Waals surface area contributed by atoms with Gasteiger partial charge < -0.3 is 19.7 Å². The summed E-state index contributed by atoms with van der Waals surface area (Å²) in [6, 6.07) is 15.8. The normalized spacial score (nSPS) is 14.9. The fourth-order valence-corrected chi connectivity index (χ4v) is 3.70. The molecule has 0 unspecified atom stereocenters. The molecule has 0 atom stereocenters. The van der Waals surface area contributed by atoms with Crippen molar-refractivity contribution in [3.05, 3.63) is 54.1 Å². The number of nitrogens with zero attached hydrogens (tertiary/aromatic N) is 2. The number of ether oxygens (including phenoxy) is 2. The summed E-state index contributed by atoms with van der Waals surface area (Å²) in [5, 5.41) is 2.98. The Morgan fingerprint density at radius 2 is 1.55 bits per heavy atom. The molecule has 1 amide bonds. The van der Waals surface area contributed by atoms with Crippen molar-refractivity contribution in [2.75, 3.05) is 51.3 Å². The van der Waals surface area contributed by atoms with Gasteiger partial charge in [0.05, 0.1) is 13.2 Å². The van der Waals surface area contributed by atoms with E-state index in [1.54, 1.807) is 0 Å². The number of piperazine rings is 1. The summed E-state index contributed by atoms with van der Waals surface area (Å²) in [5.74, 6) is 1.46. The lowest BCUT2D eigenvalue weighted by Crippen LogP contribution is -2.45. The van der Waals surface area contributed by atoms with Gasteiger partial charge in [0.1, 0.15) is 0 Å². The summed E-state index contributed by atoms with van der Waals surface area (Å²) >= 11 is 0. The van der Waals surface area contributed by atoms with Crippen LogP contribution in [0.15, 0.2) is 48.5 Å². The smallest absolute Gasteiger partial charge is 0.224 e. The highest BCUT2D eigenvalue weighted by Gasteiger charge is 2.15. The number of carbonyl (C=O) groups excluding carboxylic acids is 1. The van der Waals surface area contributed by atoms with Crippen LogP contribution in [0.3, 0.4) is 0 Å². The second kappa shape index (κ2) is 12.3. The summed E-state index contributed by atoms with van der Waals surface area (Å²) in [4.78, 5) is 17.2. The maximum atomic E-state index is 12.3. The van der Waals surface area contributed by atoms with Crippen LogP contribution in [0.1, 0.15) is 32.3 Å². The Labute approximate surface area is 186 Å². The highest BCUT2D eigenvalue weighted by molar-refractivity contribution is 5.90. The average molecular weight is 426 g/mol. The van der Waals surface area contributed by atoms with Gasteiger partial charge in [-0.3, -0.25) is 9.69 Å². The number of nitrogens with one attached hydrogen (secondary N) is 1. The predicted octanol–water partition coefficient (Wildman–Crippen LogP) is 4.02. The van der Waals surface area contributed by atoms with Crippen LogP contribution in [0.2, 0.25) is 0 Å². The topological polar surface area (TPSA) is 54.0 Å². The quantitative estimate of drug-likeness (QED) is 0.551. The Morgan fingerprint density at radius 3 is 2.19 bits per heavy atom. The molecule has 1 heterocycles. The first-order chi connectivity index (χ1) is 15.2. The molecule has 0 spiro atoms. The second-order valence-corrected chi connectivity index (χ2v) is 7.79. The summed E-state index contributed by atoms with van der Waals surface area (Å²) in [6.45, 7) is 11.8. The molecule has 1 fully saturated rings. The van der Waals surface area contributed by atoms with E-state index in [1.807, 2.05) is 43.3 Å². The summed E-state index contributed by atoms with van der Waals surface area (Å²) in [6.07, 6.45) is 1.06. The van der Waals surface area contributed by atoms with Gasteiger partial charge in [0.25, 0.3) is 0 Å². The van der Waals surface area contributed by atoms with Gasteiger partial charge in [0.2, 0.25) is 5.91 Å². The third-order valence-corrected chi connectivity index (χ3v) is 5.51. The molecule has 0 aromatic heterocycles. The molecule has 1 aliphatic rings. The lowest BCUT2D eigenvalue weighted by atomic mass is 10.1. The van der Waals surface area contributed by atoms with E-state index in [0.29, 0.717) is 26.1 Å². The Balaban J connectivity index is 1.36. The Morgan fingerprint density at radius 1 is 0.903 bits per heavy atom. The van der Waals surface area contributed by atoms with E-state index >= 15 is 0 Å². The fourth-order valence-electron chi connectivity index (χ4n) is 3.70.